The van der Waals surface area contributed by atoms with Crippen molar-refractivity contribution in [3.8, 4) is 0 Å². The van der Waals surface area contributed by atoms with E-state index in [2.05, 4.69) is 5.32 Å². The van der Waals surface area contributed by atoms with Crippen LogP contribution in [0, 0.1) is 5.82 Å². The van der Waals surface area contributed by atoms with Crippen LogP contribution in [-0.2, 0) is 0 Å². The Bertz CT molecular complexity index is 661. The number of carbonyl (C=O) groups excluding carboxylic acids is 1. The standard InChI is InChI=1S/C19H23FN2O2/c1-14(23)11-12-22(2)19(24)21-18(15-7-4-3-5-8-15)16-9-6-10-17(20)13-16/h3-10,13-14,18,23H,11-12H2,1-2H3,(H,21,24). The number of halogens is 1. The maximum absolute atomic E-state index is 13.6. The molecular formula is C19H23FN2O2. The Morgan fingerprint density at radius 3 is 2.46 bits per heavy atom. The minimum absolute atomic E-state index is 0.270. The molecule has 24 heavy (non-hydrogen) atoms. The maximum atomic E-state index is 13.6. The first kappa shape index (κ1) is 17.9. The van der Waals surface area contributed by atoms with E-state index >= 15 is 0 Å². The molecule has 2 aromatic rings. The van der Waals surface area contributed by atoms with Gasteiger partial charge in [-0.1, -0.05) is 42.5 Å². The lowest BCUT2D eigenvalue weighted by atomic mass is 9.99. The van der Waals surface area contributed by atoms with Gasteiger partial charge in [-0.25, -0.2) is 9.18 Å². The molecule has 4 nitrogen and oxygen atoms in total. The Hall–Kier alpha value is -2.40. The fourth-order valence-corrected chi connectivity index (χ4v) is 2.41. The van der Waals surface area contributed by atoms with Crippen LogP contribution in [0.15, 0.2) is 54.6 Å². The van der Waals surface area contributed by atoms with Gasteiger partial charge in [0.2, 0.25) is 0 Å². The molecule has 0 heterocycles. The zero-order chi connectivity index (χ0) is 17.5. The molecule has 0 aromatic heterocycles. The summed E-state index contributed by atoms with van der Waals surface area (Å²) < 4.78 is 13.6. The first-order chi connectivity index (χ1) is 11.5. The van der Waals surface area contributed by atoms with E-state index in [1.54, 1.807) is 26.1 Å². The van der Waals surface area contributed by atoms with Gasteiger partial charge in [0.25, 0.3) is 0 Å². The lowest BCUT2D eigenvalue weighted by Crippen LogP contribution is -2.40. The van der Waals surface area contributed by atoms with Crippen LogP contribution in [-0.4, -0.2) is 35.7 Å². The van der Waals surface area contributed by atoms with Gasteiger partial charge in [0, 0.05) is 13.6 Å². The third-order valence-corrected chi connectivity index (χ3v) is 3.81. The van der Waals surface area contributed by atoms with E-state index in [0.717, 1.165) is 5.56 Å². The molecular weight excluding hydrogens is 307 g/mol. The molecule has 2 aromatic carbocycles. The van der Waals surface area contributed by atoms with Crippen LogP contribution in [0.3, 0.4) is 0 Å². The highest BCUT2D eigenvalue weighted by Gasteiger charge is 2.19. The molecule has 0 saturated heterocycles. The van der Waals surface area contributed by atoms with E-state index < -0.39 is 12.1 Å². The maximum Gasteiger partial charge on any atom is 0.317 e. The van der Waals surface area contributed by atoms with Crippen molar-refractivity contribution in [1.29, 1.82) is 0 Å². The van der Waals surface area contributed by atoms with E-state index in [9.17, 15) is 14.3 Å². The average molecular weight is 330 g/mol. The van der Waals surface area contributed by atoms with E-state index in [0.29, 0.717) is 18.5 Å². The van der Waals surface area contributed by atoms with Crippen LogP contribution in [0.1, 0.15) is 30.5 Å². The third-order valence-electron chi connectivity index (χ3n) is 3.81. The van der Waals surface area contributed by atoms with Gasteiger partial charge in [0.05, 0.1) is 12.1 Å². The van der Waals surface area contributed by atoms with Crippen LogP contribution >= 0.6 is 0 Å². The number of hydrogen-bond acceptors (Lipinski definition) is 2. The van der Waals surface area contributed by atoms with Crippen molar-refractivity contribution in [1.82, 2.24) is 10.2 Å². The fraction of sp³-hybridized carbons (Fsp3) is 0.316. The van der Waals surface area contributed by atoms with E-state index in [4.69, 9.17) is 0 Å². The van der Waals surface area contributed by atoms with Gasteiger partial charge >= 0.3 is 6.03 Å². The number of hydrogen-bond donors (Lipinski definition) is 2. The Morgan fingerprint density at radius 2 is 1.83 bits per heavy atom. The van der Waals surface area contributed by atoms with Gasteiger partial charge in [0.1, 0.15) is 5.82 Å². The number of aliphatic hydroxyl groups excluding tert-OH is 1. The SMILES string of the molecule is CC(O)CCN(C)C(=O)NC(c1ccccc1)c1cccc(F)c1. The molecule has 0 fully saturated rings. The topological polar surface area (TPSA) is 52.6 Å². The van der Waals surface area contributed by atoms with Crippen molar-refractivity contribution in [2.24, 2.45) is 0 Å². The Kier molecular flexibility index (Phi) is 6.32. The van der Waals surface area contributed by atoms with Gasteiger partial charge in [-0.05, 0) is 36.6 Å². The van der Waals surface area contributed by atoms with Crippen molar-refractivity contribution in [3.63, 3.8) is 0 Å². The smallest absolute Gasteiger partial charge is 0.317 e. The predicted octanol–water partition coefficient (Wildman–Crippen LogP) is 3.33. The summed E-state index contributed by atoms with van der Waals surface area (Å²) >= 11 is 0. The number of aliphatic hydroxyl groups is 1. The van der Waals surface area contributed by atoms with Gasteiger partial charge in [-0.3, -0.25) is 0 Å². The van der Waals surface area contributed by atoms with Crippen molar-refractivity contribution < 1.29 is 14.3 Å². The predicted molar refractivity (Wildman–Crippen MR) is 92.1 cm³/mol. The lowest BCUT2D eigenvalue weighted by molar-refractivity contribution is 0.162. The zero-order valence-electron chi connectivity index (χ0n) is 13.9. The number of carbonyl (C=O) groups is 1. The highest BCUT2D eigenvalue weighted by Crippen LogP contribution is 2.22. The average Bonchev–Trinajstić information content (AvgIpc) is 2.58. The highest BCUT2D eigenvalue weighted by molar-refractivity contribution is 5.75. The van der Waals surface area contributed by atoms with Crippen molar-refractivity contribution in [2.75, 3.05) is 13.6 Å². The molecule has 2 unspecified atom stereocenters. The second kappa shape index (κ2) is 8.45. The summed E-state index contributed by atoms with van der Waals surface area (Å²) in [6.45, 7) is 2.12. The number of amides is 2. The highest BCUT2D eigenvalue weighted by atomic mass is 19.1. The van der Waals surface area contributed by atoms with Crippen LogP contribution in [0.5, 0.6) is 0 Å². The third kappa shape index (κ3) is 5.06. The largest absolute Gasteiger partial charge is 0.393 e. The molecule has 0 aliphatic carbocycles. The minimum Gasteiger partial charge on any atom is -0.393 e. The van der Waals surface area contributed by atoms with Crippen LogP contribution in [0.4, 0.5) is 9.18 Å². The molecule has 2 atom stereocenters. The van der Waals surface area contributed by atoms with Gasteiger partial charge < -0.3 is 15.3 Å². The van der Waals surface area contributed by atoms with Crippen LogP contribution in [0.25, 0.3) is 0 Å². The quantitative estimate of drug-likeness (QED) is 0.853. The summed E-state index contributed by atoms with van der Waals surface area (Å²) in [5, 5.41) is 12.3. The molecule has 0 spiro atoms. The van der Waals surface area contributed by atoms with Gasteiger partial charge in [-0.2, -0.15) is 0 Å². The van der Waals surface area contributed by atoms with Crippen molar-refractivity contribution in [2.45, 2.75) is 25.5 Å². The van der Waals surface area contributed by atoms with E-state index in [1.807, 2.05) is 30.3 Å². The lowest BCUT2D eigenvalue weighted by Gasteiger charge is -2.25. The Labute approximate surface area is 141 Å². The number of nitrogens with zero attached hydrogens (tertiary/aromatic N) is 1. The van der Waals surface area contributed by atoms with Gasteiger partial charge in [-0.15, -0.1) is 0 Å². The van der Waals surface area contributed by atoms with Crippen LogP contribution < -0.4 is 5.32 Å². The molecule has 0 bridgehead atoms. The number of nitrogens with one attached hydrogen (secondary N) is 1. The van der Waals surface area contributed by atoms with Crippen LogP contribution in [0.2, 0.25) is 0 Å². The first-order valence-electron chi connectivity index (χ1n) is 7.97. The Morgan fingerprint density at radius 1 is 1.17 bits per heavy atom. The fourth-order valence-electron chi connectivity index (χ4n) is 2.41. The summed E-state index contributed by atoms with van der Waals surface area (Å²) in [6, 6.07) is 14.9. The first-order valence-corrected chi connectivity index (χ1v) is 7.97. The second-order valence-electron chi connectivity index (χ2n) is 5.91. The monoisotopic (exact) mass is 330 g/mol. The summed E-state index contributed by atoms with van der Waals surface area (Å²) in [5.41, 5.74) is 1.55. The van der Waals surface area contributed by atoms with E-state index in [-0.39, 0.29) is 11.8 Å². The molecule has 5 heteroatoms. The molecule has 2 rings (SSSR count). The normalized spacial score (nSPS) is 13.2. The van der Waals surface area contributed by atoms with Gasteiger partial charge in [0.15, 0.2) is 0 Å². The summed E-state index contributed by atoms with van der Waals surface area (Å²) in [4.78, 5) is 14.0. The van der Waals surface area contributed by atoms with E-state index in [1.165, 1.54) is 17.0 Å². The Balaban J connectivity index is 2.19. The molecule has 0 radical (unpaired) electrons. The molecule has 2 amide bonds. The second-order valence-corrected chi connectivity index (χ2v) is 5.91. The molecule has 0 saturated carbocycles. The number of rotatable bonds is 6. The van der Waals surface area contributed by atoms with Crippen molar-refractivity contribution in [3.05, 3.63) is 71.5 Å². The zero-order valence-corrected chi connectivity index (χ0v) is 13.9. The minimum atomic E-state index is -0.464. The summed E-state index contributed by atoms with van der Waals surface area (Å²) in [7, 11) is 1.67. The summed E-state index contributed by atoms with van der Waals surface area (Å²) in [5.74, 6) is -0.342. The molecule has 0 aliphatic rings. The number of benzene rings is 2. The number of urea groups is 1. The molecule has 0 aliphatic heterocycles. The van der Waals surface area contributed by atoms with Crippen molar-refractivity contribution >= 4 is 6.03 Å². The molecule has 2 N–H and O–H groups in total. The summed E-state index contributed by atoms with van der Waals surface area (Å²) in [6.07, 6.45) is 0.0354. The molecule has 128 valence electrons.